The predicted molar refractivity (Wildman–Crippen MR) is 304 cm³/mol. The lowest BCUT2D eigenvalue weighted by Gasteiger charge is -2.40. The normalized spacial score (nSPS) is 19.6. The smallest absolute Gasteiger partial charge is 0.220 e. The third kappa shape index (κ3) is 41.2. The zero-order valence-electron chi connectivity index (χ0n) is 46.7. The van der Waals surface area contributed by atoms with E-state index in [4.69, 9.17) is 9.47 Å². The van der Waals surface area contributed by atoms with Gasteiger partial charge in [-0.25, -0.2) is 0 Å². The Bertz CT molecular complexity index is 1310. The maximum absolute atomic E-state index is 13.0. The molecule has 72 heavy (non-hydrogen) atoms. The van der Waals surface area contributed by atoms with E-state index in [9.17, 15) is 30.3 Å². The van der Waals surface area contributed by atoms with Crippen molar-refractivity contribution in [3.05, 3.63) is 60.8 Å². The molecule has 420 valence electrons. The summed E-state index contributed by atoms with van der Waals surface area (Å²) in [6.07, 6.45) is 64.7. The third-order valence-corrected chi connectivity index (χ3v) is 14.3. The Kier molecular flexibility index (Phi) is 49.4. The summed E-state index contributed by atoms with van der Waals surface area (Å²) in [6.45, 7) is 3.74. The first-order valence-electron chi connectivity index (χ1n) is 30.5. The first-order valence-corrected chi connectivity index (χ1v) is 30.5. The van der Waals surface area contributed by atoms with Crippen molar-refractivity contribution in [2.24, 2.45) is 0 Å². The Labute approximate surface area is 443 Å². The molecule has 0 aliphatic carbocycles. The average molecular weight is 1010 g/mol. The Hall–Kier alpha value is -2.11. The monoisotopic (exact) mass is 1010 g/mol. The fourth-order valence-electron chi connectivity index (χ4n) is 9.48. The Balaban J connectivity index is 2.06. The van der Waals surface area contributed by atoms with Gasteiger partial charge in [0.1, 0.15) is 24.4 Å². The molecule has 1 amide bonds. The number of carbonyl (C=O) groups excluding carboxylic acids is 1. The molecule has 0 aromatic heterocycles. The fraction of sp³-hybridized carbons (Fsp3) is 0.825. The van der Waals surface area contributed by atoms with Gasteiger partial charge in [0.2, 0.25) is 5.91 Å². The zero-order chi connectivity index (χ0) is 52.2. The maximum atomic E-state index is 13.0. The van der Waals surface area contributed by atoms with E-state index in [1.54, 1.807) is 6.08 Å². The highest BCUT2D eigenvalue weighted by molar-refractivity contribution is 5.76. The second kappa shape index (κ2) is 52.3. The van der Waals surface area contributed by atoms with Gasteiger partial charge in [0.05, 0.1) is 25.4 Å². The van der Waals surface area contributed by atoms with Crippen LogP contribution in [0.1, 0.15) is 277 Å². The molecule has 0 radical (unpaired) electrons. The molecule has 1 aliphatic heterocycles. The molecule has 1 fully saturated rings. The van der Waals surface area contributed by atoms with Crippen LogP contribution in [0.4, 0.5) is 0 Å². The van der Waals surface area contributed by atoms with E-state index in [0.29, 0.717) is 6.42 Å². The first kappa shape index (κ1) is 67.9. The lowest BCUT2D eigenvalue weighted by Crippen LogP contribution is -2.60. The average Bonchev–Trinajstić information content (AvgIpc) is 3.38. The molecular formula is C63H115NO8. The SMILES string of the molecule is CCCCCCC/C=C\C/C=C\C/C=C\CCCCCCCCCCCCCCCCCCCCCCCCC(=O)NC(COC1OC(CO)C(O)C(O)C1O)C(O)/C=C/CC/C=C/CCCCCCCC. The summed E-state index contributed by atoms with van der Waals surface area (Å²) in [5.74, 6) is -0.185. The molecule has 0 saturated carbocycles. The number of nitrogens with one attached hydrogen (secondary N) is 1. The van der Waals surface area contributed by atoms with Crippen molar-refractivity contribution in [1.82, 2.24) is 5.32 Å². The molecule has 1 heterocycles. The van der Waals surface area contributed by atoms with E-state index >= 15 is 0 Å². The molecule has 0 aromatic carbocycles. The number of allylic oxidation sites excluding steroid dienone is 9. The van der Waals surface area contributed by atoms with Crippen LogP contribution in [0.15, 0.2) is 60.8 Å². The van der Waals surface area contributed by atoms with E-state index in [1.807, 2.05) is 6.08 Å². The standard InChI is InChI=1S/C63H115NO8/c1-3-5-7-9-11-13-15-17-18-19-20-21-22-23-24-25-26-27-28-29-30-31-32-33-34-35-36-37-38-39-40-41-43-45-47-49-51-53-59(67)64-56(55-71-63-62(70)61(69)60(68)58(54-65)72-63)57(66)52-50-48-46-44-42-16-14-12-10-8-6-4-2/h15,17,19-20,22-23,42,44,50,52,56-58,60-63,65-66,68-70H,3-14,16,18,21,24-41,43,45-49,51,53-55H2,1-2H3,(H,64,67)/b17-15-,20-19-,23-22-,44-42+,52-50+. The fourth-order valence-corrected chi connectivity index (χ4v) is 9.48. The number of aliphatic hydroxyl groups excluding tert-OH is 5. The molecule has 7 unspecified atom stereocenters. The Morgan fingerprint density at radius 1 is 0.472 bits per heavy atom. The van der Waals surface area contributed by atoms with Crippen LogP contribution >= 0.6 is 0 Å². The van der Waals surface area contributed by atoms with Crippen molar-refractivity contribution >= 4 is 5.91 Å². The van der Waals surface area contributed by atoms with Crippen molar-refractivity contribution in [3.8, 4) is 0 Å². The van der Waals surface area contributed by atoms with Crippen molar-refractivity contribution in [3.63, 3.8) is 0 Å². The molecular weight excluding hydrogens is 899 g/mol. The van der Waals surface area contributed by atoms with Crippen LogP contribution in [-0.2, 0) is 14.3 Å². The predicted octanol–water partition coefficient (Wildman–Crippen LogP) is 15.5. The van der Waals surface area contributed by atoms with Crippen LogP contribution in [0, 0.1) is 0 Å². The minimum Gasteiger partial charge on any atom is -0.394 e. The van der Waals surface area contributed by atoms with E-state index in [2.05, 4.69) is 67.8 Å². The van der Waals surface area contributed by atoms with Gasteiger partial charge in [-0.3, -0.25) is 4.79 Å². The van der Waals surface area contributed by atoms with E-state index < -0.39 is 49.5 Å². The van der Waals surface area contributed by atoms with Crippen molar-refractivity contribution in [2.45, 2.75) is 320 Å². The highest BCUT2D eigenvalue weighted by Gasteiger charge is 2.44. The van der Waals surface area contributed by atoms with E-state index in [-0.39, 0.29) is 12.5 Å². The molecule has 1 rings (SSSR count). The van der Waals surface area contributed by atoms with Gasteiger partial charge < -0.3 is 40.3 Å². The second-order valence-corrected chi connectivity index (χ2v) is 21.1. The molecule has 0 spiro atoms. The summed E-state index contributed by atoms with van der Waals surface area (Å²) < 4.78 is 11.2. The van der Waals surface area contributed by atoms with Gasteiger partial charge in [-0.1, -0.05) is 261 Å². The van der Waals surface area contributed by atoms with Crippen molar-refractivity contribution in [2.75, 3.05) is 13.2 Å². The van der Waals surface area contributed by atoms with Crippen LogP contribution in [0.2, 0.25) is 0 Å². The molecule has 7 atom stereocenters. The molecule has 6 N–H and O–H groups in total. The lowest BCUT2D eigenvalue weighted by molar-refractivity contribution is -0.302. The summed E-state index contributed by atoms with van der Waals surface area (Å²) in [5, 5.41) is 54.3. The number of hydrogen-bond acceptors (Lipinski definition) is 8. The molecule has 9 nitrogen and oxygen atoms in total. The maximum Gasteiger partial charge on any atom is 0.220 e. The first-order chi connectivity index (χ1) is 35.3. The Morgan fingerprint density at radius 3 is 1.26 bits per heavy atom. The van der Waals surface area contributed by atoms with E-state index in [0.717, 1.165) is 51.4 Å². The number of ether oxygens (including phenoxy) is 2. The van der Waals surface area contributed by atoms with Crippen LogP contribution in [-0.4, -0.2) is 87.5 Å². The number of rotatable bonds is 52. The summed E-state index contributed by atoms with van der Waals surface area (Å²) in [7, 11) is 0. The summed E-state index contributed by atoms with van der Waals surface area (Å²) >= 11 is 0. The minimum absolute atomic E-state index is 0.185. The quantitative estimate of drug-likeness (QED) is 0.0261. The number of hydrogen-bond donors (Lipinski definition) is 6. The van der Waals surface area contributed by atoms with Crippen LogP contribution in [0.3, 0.4) is 0 Å². The lowest BCUT2D eigenvalue weighted by atomic mass is 9.99. The summed E-state index contributed by atoms with van der Waals surface area (Å²) in [4.78, 5) is 13.0. The number of unbranched alkanes of at least 4 members (excludes halogenated alkanes) is 34. The Morgan fingerprint density at radius 2 is 0.833 bits per heavy atom. The molecule has 0 bridgehead atoms. The van der Waals surface area contributed by atoms with Crippen molar-refractivity contribution < 1.29 is 39.8 Å². The second-order valence-electron chi connectivity index (χ2n) is 21.1. The van der Waals surface area contributed by atoms with Gasteiger partial charge in [-0.2, -0.15) is 0 Å². The number of aliphatic hydroxyl groups is 5. The molecule has 9 heteroatoms. The zero-order valence-corrected chi connectivity index (χ0v) is 46.7. The minimum atomic E-state index is -1.57. The topological polar surface area (TPSA) is 149 Å². The van der Waals surface area contributed by atoms with Crippen LogP contribution in [0.5, 0.6) is 0 Å². The van der Waals surface area contributed by atoms with Gasteiger partial charge in [-0.15, -0.1) is 0 Å². The third-order valence-electron chi connectivity index (χ3n) is 14.3. The highest BCUT2D eigenvalue weighted by atomic mass is 16.7. The summed E-state index contributed by atoms with van der Waals surface area (Å²) in [5.41, 5.74) is 0. The van der Waals surface area contributed by atoms with Gasteiger partial charge >= 0.3 is 0 Å². The van der Waals surface area contributed by atoms with Gasteiger partial charge in [0, 0.05) is 6.42 Å². The van der Waals surface area contributed by atoms with Gasteiger partial charge in [-0.05, 0) is 70.6 Å². The van der Waals surface area contributed by atoms with Crippen LogP contribution in [0.25, 0.3) is 0 Å². The van der Waals surface area contributed by atoms with Crippen molar-refractivity contribution in [1.29, 1.82) is 0 Å². The molecule has 1 saturated heterocycles. The van der Waals surface area contributed by atoms with Gasteiger partial charge in [0.15, 0.2) is 6.29 Å². The van der Waals surface area contributed by atoms with E-state index in [1.165, 1.54) is 205 Å². The molecule has 0 aromatic rings. The van der Waals surface area contributed by atoms with Crippen LogP contribution < -0.4 is 5.32 Å². The molecule has 1 aliphatic rings. The largest absolute Gasteiger partial charge is 0.394 e. The summed E-state index contributed by atoms with van der Waals surface area (Å²) in [6, 6.07) is -0.820. The highest BCUT2D eigenvalue weighted by Crippen LogP contribution is 2.23. The van der Waals surface area contributed by atoms with Gasteiger partial charge in [0.25, 0.3) is 0 Å². The number of amides is 1. The number of carbonyl (C=O) groups is 1.